The second-order valence-corrected chi connectivity index (χ2v) is 4.92. The van der Waals surface area contributed by atoms with Gasteiger partial charge in [0.15, 0.2) is 0 Å². The topological polar surface area (TPSA) is 43.8 Å². The Morgan fingerprint density at radius 1 is 1.41 bits per heavy atom. The van der Waals surface area contributed by atoms with Gasteiger partial charge in [0.25, 0.3) is 0 Å². The van der Waals surface area contributed by atoms with E-state index < -0.39 is 0 Å². The zero-order valence-corrected chi connectivity index (χ0v) is 11.5. The average molecular weight is 300 g/mol. The van der Waals surface area contributed by atoms with Crippen LogP contribution in [-0.2, 0) is 0 Å². The lowest BCUT2D eigenvalue weighted by molar-refractivity contribution is 0.488. The lowest BCUT2D eigenvalue weighted by atomic mass is 10.1. The van der Waals surface area contributed by atoms with Gasteiger partial charge in [-0.3, -0.25) is 0 Å². The highest BCUT2D eigenvalue weighted by Gasteiger charge is 2.16. The summed E-state index contributed by atoms with van der Waals surface area (Å²) in [5.41, 5.74) is 7.41. The van der Waals surface area contributed by atoms with Gasteiger partial charge in [-0.05, 0) is 34.8 Å². The summed E-state index contributed by atoms with van der Waals surface area (Å²) in [5.74, 6) is 0.163. The van der Waals surface area contributed by atoms with Crippen LogP contribution >= 0.6 is 15.9 Å². The van der Waals surface area contributed by atoms with Crippen molar-refractivity contribution < 1.29 is 4.39 Å². The summed E-state index contributed by atoms with van der Waals surface area (Å²) in [6.07, 6.45) is 1.90. The van der Waals surface area contributed by atoms with Crippen molar-refractivity contribution in [2.75, 3.05) is 5.73 Å². The number of nitrogens with two attached hydrogens (primary N) is 1. The maximum atomic E-state index is 13.6. The van der Waals surface area contributed by atoms with Gasteiger partial charge in [-0.15, -0.1) is 0 Å². The van der Waals surface area contributed by atoms with Crippen molar-refractivity contribution >= 4 is 32.9 Å². The van der Waals surface area contributed by atoms with E-state index in [2.05, 4.69) is 34.8 Å². The number of hydrogen-bond donors (Lipinski definition) is 1. The molecule has 0 atom stereocenters. The fourth-order valence-electron chi connectivity index (χ4n) is 2.15. The van der Waals surface area contributed by atoms with E-state index >= 15 is 0 Å². The largest absolute Gasteiger partial charge is 0.369 e. The normalized spacial score (nSPS) is 11.6. The van der Waals surface area contributed by atoms with Crippen LogP contribution in [0.5, 0.6) is 0 Å². The van der Waals surface area contributed by atoms with Gasteiger partial charge < -0.3 is 10.3 Å². The molecule has 1 aromatic heterocycles. The Bertz CT molecular complexity index is 546. The highest BCUT2D eigenvalue weighted by molar-refractivity contribution is 9.10. The third-order valence-corrected chi connectivity index (χ3v) is 3.67. The Labute approximate surface area is 108 Å². The molecule has 0 amide bonds. The number of nitrogens with zero attached hydrogens (tertiary/aromatic N) is 2. The van der Waals surface area contributed by atoms with Crippen molar-refractivity contribution in [3.63, 3.8) is 0 Å². The van der Waals surface area contributed by atoms with Crippen molar-refractivity contribution in [3.05, 3.63) is 22.4 Å². The van der Waals surface area contributed by atoms with Crippen LogP contribution in [0.2, 0.25) is 0 Å². The molecule has 0 aliphatic carbocycles. The van der Waals surface area contributed by atoms with Crippen LogP contribution in [0.4, 0.5) is 10.3 Å². The molecule has 2 N–H and O–H groups in total. The number of nitrogen functional groups attached to an aromatic ring is 1. The summed E-state index contributed by atoms with van der Waals surface area (Å²) in [6, 6.07) is 3.42. The van der Waals surface area contributed by atoms with Crippen molar-refractivity contribution in [3.8, 4) is 0 Å². The molecular formula is C12H15BrFN3. The first-order valence-corrected chi connectivity index (χ1v) is 6.50. The van der Waals surface area contributed by atoms with Gasteiger partial charge in [-0.1, -0.05) is 13.8 Å². The number of fused-ring (bicyclic) bond motifs is 1. The third-order valence-electron chi connectivity index (χ3n) is 3.07. The van der Waals surface area contributed by atoms with E-state index in [0.29, 0.717) is 10.4 Å². The summed E-state index contributed by atoms with van der Waals surface area (Å²) < 4.78 is 15.9. The Kier molecular flexibility index (Phi) is 3.38. The van der Waals surface area contributed by atoms with Crippen LogP contribution in [0.25, 0.3) is 11.0 Å². The predicted octanol–water partition coefficient (Wildman–Crippen LogP) is 3.88. The quantitative estimate of drug-likeness (QED) is 0.934. The molecule has 1 aromatic carbocycles. The Balaban J connectivity index is 2.70. The smallest absolute Gasteiger partial charge is 0.201 e. The Morgan fingerprint density at radius 2 is 2.06 bits per heavy atom. The maximum absolute atomic E-state index is 13.6. The van der Waals surface area contributed by atoms with Gasteiger partial charge in [-0.2, -0.15) is 0 Å². The molecule has 1 heterocycles. The fourth-order valence-corrected chi connectivity index (χ4v) is 2.48. The molecular weight excluding hydrogens is 285 g/mol. The summed E-state index contributed by atoms with van der Waals surface area (Å²) in [4.78, 5) is 4.28. The fraction of sp³-hybridized carbons (Fsp3) is 0.417. The molecule has 0 unspecified atom stereocenters. The molecule has 2 aromatic rings. The highest BCUT2D eigenvalue weighted by Crippen LogP contribution is 2.29. The standard InChI is InChI=1S/C12H15BrFN3/c1-3-7(4-2)17-11-6-9(14)8(13)5-10(11)16-12(17)15/h5-7H,3-4H2,1-2H3,(H2,15,16). The minimum Gasteiger partial charge on any atom is -0.369 e. The lowest BCUT2D eigenvalue weighted by Crippen LogP contribution is -2.10. The molecule has 0 radical (unpaired) electrons. The number of aromatic nitrogens is 2. The van der Waals surface area contributed by atoms with E-state index in [1.165, 1.54) is 6.07 Å². The molecule has 92 valence electrons. The lowest BCUT2D eigenvalue weighted by Gasteiger charge is -2.17. The summed E-state index contributed by atoms with van der Waals surface area (Å²) in [5, 5.41) is 0. The zero-order valence-electron chi connectivity index (χ0n) is 9.87. The molecule has 0 fully saturated rings. The van der Waals surface area contributed by atoms with Crippen LogP contribution in [-0.4, -0.2) is 9.55 Å². The molecule has 0 bridgehead atoms. The number of rotatable bonds is 3. The molecule has 0 aliphatic heterocycles. The van der Waals surface area contributed by atoms with Crippen molar-refractivity contribution in [1.29, 1.82) is 0 Å². The molecule has 0 saturated carbocycles. The second-order valence-electron chi connectivity index (χ2n) is 4.07. The Morgan fingerprint density at radius 3 is 2.65 bits per heavy atom. The van der Waals surface area contributed by atoms with Gasteiger partial charge in [0.2, 0.25) is 5.95 Å². The average Bonchev–Trinajstić information content (AvgIpc) is 2.59. The molecule has 0 saturated heterocycles. The van der Waals surface area contributed by atoms with E-state index in [9.17, 15) is 4.39 Å². The predicted molar refractivity (Wildman–Crippen MR) is 71.4 cm³/mol. The van der Waals surface area contributed by atoms with E-state index in [0.717, 1.165) is 23.9 Å². The van der Waals surface area contributed by atoms with Crippen LogP contribution in [0.15, 0.2) is 16.6 Å². The molecule has 0 aliphatic rings. The zero-order chi connectivity index (χ0) is 12.6. The first-order chi connectivity index (χ1) is 8.08. The van der Waals surface area contributed by atoms with E-state index in [4.69, 9.17) is 5.73 Å². The maximum Gasteiger partial charge on any atom is 0.201 e. The molecule has 3 nitrogen and oxygen atoms in total. The minimum atomic E-state index is -0.287. The number of hydrogen-bond acceptors (Lipinski definition) is 2. The summed E-state index contributed by atoms with van der Waals surface area (Å²) in [7, 11) is 0. The van der Waals surface area contributed by atoms with E-state index in [1.807, 2.05) is 4.57 Å². The third kappa shape index (κ3) is 2.04. The molecule has 17 heavy (non-hydrogen) atoms. The van der Waals surface area contributed by atoms with Gasteiger partial charge in [0, 0.05) is 12.1 Å². The van der Waals surface area contributed by atoms with Crippen molar-refractivity contribution in [2.24, 2.45) is 0 Å². The number of imidazole rings is 1. The second kappa shape index (κ2) is 4.64. The van der Waals surface area contributed by atoms with Crippen molar-refractivity contribution in [1.82, 2.24) is 9.55 Å². The van der Waals surface area contributed by atoms with E-state index in [1.54, 1.807) is 6.07 Å². The number of halogens is 2. The number of anilines is 1. The van der Waals surface area contributed by atoms with Crippen LogP contribution in [0, 0.1) is 5.82 Å². The monoisotopic (exact) mass is 299 g/mol. The number of benzene rings is 1. The summed E-state index contributed by atoms with van der Waals surface area (Å²) >= 11 is 3.16. The first kappa shape index (κ1) is 12.4. The van der Waals surface area contributed by atoms with Crippen LogP contribution in [0.1, 0.15) is 32.7 Å². The summed E-state index contributed by atoms with van der Waals surface area (Å²) in [6.45, 7) is 4.18. The van der Waals surface area contributed by atoms with E-state index in [-0.39, 0.29) is 11.9 Å². The van der Waals surface area contributed by atoms with Gasteiger partial charge in [-0.25, -0.2) is 9.37 Å². The highest BCUT2D eigenvalue weighted by atomic mass is 79.9. The van der Waals surface area contributed by atoms with Gasteiger partial charge in [0.1, 0.15) is 5.82 Å². The van der Waals surface area contributed by atoms with Gasteiger partial charge in [0.05, 0.1) is 15.5 Å². The van der Waals surface area contributed by atoms with Gasteiger partial charge >= 0.3 is 0 Å². The molecule has 2 rings (SSSR count). The van der Waals surface area contributed by atoms with Crippen LogP contribution < -0.4 is 5.73 Å². The Hall–Kier alpha value is -1.10. The first-order valence-electron chi connectivity index (χ1n) is 5.70. The van der Waals surface area contributed by atoms with Crippen LogP contribution in [0.3, 0.4) is 0 Å². The molecule has 0 spiro atoms. The minimum absolute atomic E-state index is 0.264. The van der Waals surface area contributed by atoms with Crippen molar-refractivity contribution in [2.45, 2.75) is 32.7 Å². The SMILES string of the molecule is CCC(CC)n1c(N)nc2cc(Br)c(F)cc21. The molecule has 5 heteroatoms.